The minimum atomic E-state index is -0.376. The predicted octanol–water partition coefficient (Wildman–Crippen LogP) is 2.45. The number of aromatic nitrogens is 2. The summed E-state index contributed by atoms with van der Waals surface area (Å²) in [4.78, 5) is 4.47. The lowest BCUT2D eigenvalue weighted by atomic mass is 10.3. The maximum Gasteiger partial charge on any atom is 0.134 e. The standard InChI is InChI=1S/C13H24N2O2/c1-5-11(16)9-17-13(7-3)15-8-10(4)14-12(15)6-2/h8,11,13,16H,5-7,9H2,1-4H3. The number of aliphatic hydroxyl groups excluding tert-OH is 1. The largest absolute Gasteiger partial charge is 0.391 e. The van der Waals surface area contributed by atoms with Crippen molar-refractivity contribution in [1.82, 2.24) is 9.55 Å². The summed E-state index contributed by atoms with van der Waals surface area (Å²) in [6.07, 6.45) is 4.11. The lowest BCUT2D eigenvalue weighted by Gasteiger charge is -2.21. The first-order valence-corrected chi connectivity index (χ1v) is 6.46. The molecular formula is C13H24N2O2. The average molecular weight is 240 g/mol. The number of imidazole rings is 1. The molecule has 1 rings (SSSR count). The average Bonchev–Trinajstić information content (AvgIpc) is 2.71. The molecule has 0 saturated heterocycles. The van der Waals surface area contributed by atoms with Crippen LogP contribution in [0.2, 0.25) is 0 Å². The molecule has 0 aliphatic carbocycles. The first-order valence-electron chi connectivity index (χ1n) is 6.46. The number of nitrogens with zero attached hydrogens (tertiary/aromatic N) is 2. The zero-order valence-electron chi connectivity index (χ0n) is 11.3. The Hall–Kier alpha value is -0.870. The molecule has 4 nitrogen and oxygen atoms in total. The predicted molar refractivity (Wildman–Crippen MR) is 67.9 cm³/mol. The number of ether oxygens (including phenoxy) is 1. The Morgan fingerprint density at radius 1 is 1.35 bits per heavy atom. The quantitative estimate of drug-likeness (QED) is 0.796. The SMILES string of the molecule is CCc1nc(C)cn1C(CC)OCC(O)CC. The molecule has 0 bridgehead atoms. The molecule has 1 N–H and O–H groups in total. The fraction of sp³-hybridized carbons (Fsp3) is 0.769. The van der Waals surface area contributed by atoms with E-state index in [1.165, 1.54) is 0 Å². The number of rotatable bonds is 7. The van der Waals surface area contributed by atoms with Gasteiger partial charge in [0.2, 0.25) is 0 Å². The Bertz CT molecular complexity index is 336. The molecule has 17 heavy (non-hydrogen) atoms. The summed E-state index contributed by atoms with van der Waals surface area (Å²) >= 11 is 0. The van der Waals surface area contributed by atoms with Crippen LogP contribution in [0.25, 0.3) is 0 Å². The maximum atomic E-state index is 9.53. The normalized spacial score (nSPS) is 14.9. The molecule has 2 atom stereocenters. The van der Waals surface area contributed by atoms with Crippen molar-refractivity contribution in [3.63, 3.8) is 0 Å². The van der Waals surface area contributed by atoms with E-state index >= 15 is 0 Å². The van der Waals surface area contributed by atoms with Gasteiger partial charge in [0.05, 0.1) is 18.4 Å². The second-order valence-electron chi connectivity index (χ2n) is 4.32. The smallest absolute Gasteiger partial charge is 0.134 e. The molecule has 4 heteroatoms. The highest BCUT2D eigenvalue weighted by Gasteiger charge is 2.15. The summed E-state index contributed by atoms with van der Waals surface area (Å²) in [5, 5.41) is 9.53. The first-order chi connectivity index (χ1) is 8.12. The topological polar surface area (TPSA) is 47.3 Å². The van der Waals surface area contributed by atoms with Crippen LogP contribution in [-0.2, 0) is 11.2 Å². The van der Waals surface area contributed by atoms with Crippen molar-refractivity contribution in [3.05, 3.63) is 17.7 Å². The van der Waals surface area contributed by atoms with Crippen LogP contribution >= 0.6 is 0 Å². The molecule has 0 amide bonds. The van der Waals surface area contributed by atoms with Gasteiger partial charge in [0.1, 0.15) is 12.1 Å². The fourth-order valence-corrected chi connectivity index (χ4v) is 1.81. The van der Waals surface area contributed by atoms with Gasteiger partial charge in [-0.2, -0.15) is 0 Å². The van der Waals surface area contributed by atoms with Crippen molar-refractivity contribution < 1.29 is 9.84 Å². The van der Waals surface area contributed by atoms with Crippen LogP contribution in [0, 0.1) is 6.92 Å². The van der Waals surface area contributed by atoms with E-state index in [1.807, 2.05) is 20.0 Å². The summed E-state index contributed by atoms with van der Waals surface area (Å²) in [6.45, 7) is 8.50. The number of aliphatic hydroxyl groups is 1. The monoisotopic (exact) mass is 240 g/mol. The van der Waals surface area contributed by atoms with Crippen molar-refractivity contribution in [2.24, 2.45) is 0 Å². The third-order valence-electron chi connectivity index (χ3n) is 2.86. The van der Waals surface area contributed by atoms with Gasteiger partial charge in [-0.05, 0) is 19.8 Å². The molecular weight excluding hydrogens is 216 g/mol. The molecule has 1 aromatic rings. The summed E-state index contributed by atoms with van der Waals surface area (Å²) in [5.74, 6) is 1.04. The zero-order valence-corrected chi connectivity index (χ0v) is 11.3. The van der Waals surface area contributed by atoms with Crippen LogP contribution in [-0.4, -0.2) is 27.4 Å². The Kier molecular flexibility index (Phi) is 5.65. The molecule has 98 valence electrons. The zero-order chi connectivity index (χ0) is 12.8. The van der Waals surface area contributed by atoms with Gasteiger partial charge >= 0.3 is 0 Å². The van der Waals surface area contributed by atoms with Crippen LogP contribution in [0.4, 0.5) is 0 Å². The molecule has 0 fully saturated rings. The number of hydrogen-bond acceptors (Lipinski definition) is 3. The van der Waals surface area contributed by atoms with Crippen LogP contribution in [0.15, 0.2) is 6.20 Å². The van der Waals surface area contributed by atoms with Gasteiger partial charge in [-0.3, -0.25) is 0 Å². The van der Waals surface area contributed by atoms with E-state index in [2.05, 4.69) is 23.4 Å². The summed E-state index contributed by atoms with van der Waals surface area (Å²) in [7, 11) is 0. The van der Waals surface area contributed by atoms with Gasteiger partial charge in [-0.15, -0.1) is 0 Å². The van der Waals surface area contributed by atoms with E-state index < -0.39 is 0 Å². The lowest BCUT2D eigenvalue weighted by molar-refractivity contribution is -0.0473. The summed E-state index contributed by atoms with van der Waals surface area (Å²) in [6, 6.07) is 0. The Labute approximate surface area is 104 Å². The molecule has 0 saturated carbocycles. The summed E-state index contributed by atoms with van der Waals surface area (Å²) < 4.78 is 7.84. The highest BCUT2D eigenvalue weighted by Crippen LogP contribution is 2.18. The van der Waals surface area contributed by atoms with Crippen molar-refractivity contribution in [2.75, 3.05) is 6.61 Å². The molecule has 1 heterocycles. The minimum absolute atomic E-state index is 0.0210. The van der Waals surface area contributed by atoms with Crippen LogP contribution < -0.4 is 0 Å². The first kappa shape index (κ1) is 14.2. The highest BCUT2D eigenvalue weighted by molar-refractivity contribution is 5.03. The van der Waals surface area contributed by atoms with Gasteiger partial charge in [-0.25, -0.2) is 4.98 Å². The molecule has 0 aliphatic heterocycles. The fourth-order valence-electron chi connectivity index (χ4n) is 1.81. The van der Waals surface area contributed by atoms with Gasteiger partial charge in [0.15, 0.2) is 0 Å². The van der Waals surface area contributed by atoms with Crippen molar-refractivity contribution >= 4 is 0 Å². The summed E-state index contributed by atoms with van der Waals surface area (Å²) in [5.41, 5.74) is 1.01. The van der Waals surface area contributed by atoms with E-state index in [-0.39, 0.29) is 12.3 Å². The van der Waals surface area contributed by atoms with E-state index in [4.69, 9.17) is 4.74 Å². The van der Waals surface area contributed by atoms with E-state index in [0.29, 0.717) is 6.61 Å². The highest BCUT2D eigenvalue weighted by atomic mass is 16.5. The second-order valence-corrected chi connectivity index (χ2v) is 4.32. The molecule has 2 unspecified atom stereocenters. The molecule has 0 aliphatic rings. The van der Waals surface area contributed by atoms with E-state index in [1.54, 1.807) is 0 Å². The van der Waals surface area contributed by atoms with E-state index in [0.717, 1.165) is 30.8 Å². The number of aryl methyl sites for hydroxylation is 2. The van der Waals surface area contributed by atoms with E-state index in [9.17, 15) is 5.11 Å². The van der Waals surface area contributed by atoms with Gasteiger partial charge in [-0.1, -0.05) is 20.8 Å². The number of hydrogen-bond donors (Lipinski definition) is 1. The Balaban J connectivity index is 2.71. The Morgan fingerprint density at radius 2 is 2.06 bits per heavy atom. The third kappa shape index (κ3) is 3.82. The molecule has 0 radical (unpaired) electrons. The maximum absolute atomic E-state index is 9.53. The van der Waals surface area contributed by atoms with Crippen LogP contribution in [0.5, 0.6) is 0 Å². The Morgan fingerprint density at radius 3 is 2.59 bits per heavy atom. The van der Waals surface area contributed by atoms with Gasteiger partial charge in [0.25, 0.3) is 0 Å². The second kappa shape index (κ2) is 6.77. The minimum Gasteiger partial charge on any atom is -0.391 e. The van der Waals surface area contributed by atoms with Crippen molar-refractivity contribution in [1.29, 1.82) is 0 Å². The molecule has 0 aromatic carbocycles. The van der Waals surface area contributed by atoms with Crippen LogP contribution in [0.1, 0.15) is 51.4 Å². The van der Waals surface area contributed by atoms with Gasteiger partial charge < -0.3 is 14.4 Å². The lowest BCUT2D eigenvalue weighted by Crippen LogP contribution is -2.20. The van der Waals surface area contributed by atoms with Gasteiger partial charge in [0, 0.05) is 12.6 Å². The van der Waals surface area contributed by atoms with Crippen LogP contribution in [0.3, 0.4) is 0 Å². The van der Waals surface area contributed by atoms with Crippen molar-refractivity contribution in [2.45, 2.75) is 59.3 Å². The van der Waals surface area contributed by atoms with Crippen molar-refractivity contribution in [3.8, 4) is 0 Å². The third-order valence-corrected chi connectivity index (χ3v) is 2.86. The molecule has 0 spiro atoms. The molecule has 1 aromatic heterocycles.